The number of methoxy groups -OCH3 is 1. The minimum Gasteiger partial charge on any atom is -0.497 e. The molecule has 1 unspecified atom stereocenters. The van der Waals surface area contributed by atoms with Crippen LogP contribution < -0.4 is 10.1 Å². The van der Waals surface area contributed by atoms with Crippen molar-refractivity contribution in [1.29, 1.82) is 5.26 Å². The van der Waals surface area contributed by atoms with Crippen LogP contribution in [0.15, 0.2) is 30.5 Å². The fourth-order valence-corrected chi connectivity index (χ4v) is 3.00. The number of amides is 2. The number of nitriles is 1. The van der Waals surface area contributed by atoms with E-state index in [1.165, 1.54) is 4.90 Å². The highest BCUT2D eigenvalue weighted by Crippen LogP contribution is 2.22. The lowest BCUT2D eigenvalue weighted by atomic mass is 10.1. The SMILES string of the molecule is COc1ccc2c(C(=O)NCC(=O)N3CCCC3C#N)ccnc2c1. The third kappa shape index (κ3) is 3.38. The zero-order chi connectivity index (χ0) is 17.8. The summed E-state index contributed by atoms with van der Waals surface area (Å²) in [5.74, 6) is 0.0698. The normalized spacial score (nSPS) is 16.5. The van der Waals surface area contributed by atoms with E-state index in [1.54, 1.807) is 37.6 Å². The van der Waals surface area contributed by atoms with Crippen molar-refractivity contribution in [2.24, 2.45) is 0 Å². The molecule has 2 heterocycles. The number of nitrogens with one attached hydrogen (secondary N) is 1. The Labute approximate surface area is 145 Å². The Morgan fingerprint density at radius 3 is 3.04 bits per heavy atom. The summed E-state index contributed by atoms with van der Waals surface area (Å²) in [6.07, 6.45) is 3.05. The van der Waals surface area contributed by atoms with Gasteiger partial charge in [-0.25, -0.2) is 0 Å². The molecule has 1 aliphatic heterocycles. The molecule has 0 radical (unpaired) electrons. The molecule has 1 atom stereocenters. The van der Waals surface area contributed by atoms with E-state index in [9.17, 15) is 9.59 Å². The molecule has 0 spiro atoms. The molecule has 0 bridgehead atoms. The highest BCUT2D eigenvalue weighted by Gasteiger charge is 2.28. The van der Waals surface area contributed by atoms with E-state index < -0.39 is 6.04 Å². The third-order valence-electron chi connectivity index (χ3n) is 4.32. The van der Waals surface area contributed by atoms with Crippen LogP contribution in [-0.4, -0.2) is 47.9 Å². The fraction of sp³-hybridized carbons (Fsp3) is 0.333. The van der Waals surface area contributed by atoms with Gasteiger partial charge in [0, 0.05) is 24.2 Å². The lowest BCUT2D eigenvalue weighted by Gasteiger charge is -2.19. The van der Waals surface area contributed by atoms with Crippen molar-refractivity contribution in [2.75, 3.05) is 20.2 Å². The predicted octanol–water partition coefficient (Wildman–Crippen LogP) is 1.49. The zero-order valence-corrected chi connectivity index (χ0v) is 13.9. The van der Waals surface area contributed by atoms with Crippen molar-refractivity contribution in [2.45, 2.75) is 18.9 Å². The highest BCUT2D eigenvalue weighted by molar-refractivity contribution is 6.07. The summed E-state index contributed by atoms with van der Waals surface area (Å²) < 4.78 is 5.16. The number of carbonyl (C=O) groups is 2. The number of nitrogens with zero attached hydrogens (tertiary/aromatic N) is 3. The second kappa shape index (κ2) is 7.18. The molecule has 1 aliphatic rings. The topological polar surface area (TPSA) is 95.3 Å². The summed E-state index contributed by atoms with van der Waals surface area (Å²) in [7, 11) is 1.57. The van der Waals surface area contributed by atoms with Gasteiger partial charge in [-0.2, -0.15) is 5.26 Å². The molecule has 1 N–H and O–H groups in total. The number of likely N-dealkylation sites (tertiary alicyclic amines) is 1. The van der Waals surface area contributed by atoms with Gasteiger partial charge in [0.25, 0.3) is 5.91 Å². The van der Waals surface area contributed by atoms with E-state index in [0.29, 0.717) is 35.2 Å². The van der Waals surface area contributed by atoms with Gasteiger partial charge in [-0.1, -0.05) is 0 Å². The number of hydrogen-bond acceptors (Lipinski definition) is 5. The number of carbonyl (C=O) groups excluding carboxylic acids is 2. The monoisotopic (exact) mass is 338 g/mol. The zero-order valence-electron chi connectivity index (χ0n) is 13.9. The lowest BCUT2D eigenvalue weighted by molar-refractivity contribution is -0.130. The maximum absolute atomic E-state index is 12.5. The molecule has 7 heteroatoms. The molecule has 2 aromatic rings. The highest BCUT2D eigenvalue weighted by atomic mass is 16.5. The summed E-state index contributed by atoms with van der Waals surface area (Å²) in [5, 5.41) is 12.4. The molecule has 7 nitrogen and oxygen atoms in total. The summed E-state index contributed by atoms with van der Waals surface area (Å²) in [4.78, 5) is 30.5. The average Bonchev–Trinajstić information content (AvgIpc) is 3.13. The molecule has 0 aliphatic carbocycles. The quantitative estimate of drug-likeness (QED) is 0.911. The Balaban J connectivity index is 1.72. The largest absolute Gasteiger partial charge is 0.497 e. The van der Waals surface area contributed by atoms with Crippen molar-refractivity contribution in [3.63, 3.8) is 0 Å². The first-order valence-corrected chi connectivity index (χ1v) is 8.04. The summed E-state index contributed by atoms with van der Waals surface area (Å²) in [6, 6.07) is 8.62. The van der Waals surface area contributed by atoms with Crippen LogP contribution in [0, 0.1) is 11.3 Å². The number of pyridine rings is 1. The van der Waals surface area contributed by atoms with Gasteiger partial charge < -0.3 is 15.0 Å². The maximum Gasteiger partial charge on any atom is 0.252 e. The van der Waals surface area contributed by atoms with Crippen LogP contribution in [0.1, 0.15) is 23.2 Å². The molecule has 2 amide bonds. The van der Waals surface area contributed by atoms with Crippen LogP contribution in [0.5, 0.6) is 5.75 Å². The Morgan fingerprint density at radius 2 is 2.28 bits per heavy atom. The first-order valence-electron chi connectivity index (χ1n) is 8.04. The molecule has 1 aromatic heterocycles. The molecule has 3 rings (SSSR count). The number of rotatable bonds is 4. The van der Waals surface area contributed by atoms with Crippen LogP contribution in [0.25, 0.3) is 10.9 Å². The second-order valence-corrected chi connectivity index (χ2v) is 5.80. The predicted molar refractivity (Wildman–Crippen MR) is 91.0 cm³/mol. The third-order valence-corrected chi connectivity index (χ3v) is 4.32. The van der Waals surface area contributed by atoms with Gasteiger partial charge in [0.15, 0.2) is 0 Å². The molecule has 1 aromatic carbocycles. The Hall–Kier alpha value is -3.14. The molecule has 25 heavy (non-hydrogen) atoms. The average molecular weight is 338 g/mol. The summed E-state index contributed by atoms with van der Waals surface area (Å²) in [6.45, 7) is 0.432. The van der Waals surface area contributed by atoms with Crippen LogP contribution in [0.2, 0.25) is 0 Å². The van der Waals surface area contributed by atoms with Gasteiger partial charge in [0.1, 0.15) is 11.8 Å². The van der Waals surface area contributed by atoms with Crippen molar-refractivity contribution in [3.8, 4) is 11.8 Å². The van der Waals surface area contributed by atoms with Gasteiger partial charge in [-0.05, 0) is 31.0 Å². The van der Waals surface area contributed by atoms with Crippen LogP contribution in [-0.2, 0) is 4.79 Å². The minimum atomic E-state index is -0.390. The van der Waals surface area contributed by atoms with E-state index in [1.807, 2.05) is 0 Å². The Kier molecular flexibility index (Phi) is 4.80. The number of aromatic nitrogens is 1. The van der Waals surface area contributed by atoms with E-state index >= 15 is 0 Å². The van der Waals surface area contributed by atoms with Crippen LogP contribution in [0.4, 0.5) is 0 Å². The number of hydrogen-bond donors (Lipinski definition) is 1. The van der Waals surface area contributed by atoms with Crippen LogP contribution in [0.3, 0.4) is 0 Å². The standard InChI is InChI=1S/C18H18N4O3/c1-25-13-4-5-14-15(6-7-20-16(14)9-13)18(24)21-11-17(23)22-8-2-3-12(22)10-19/h4-7,9,12H,2-3,8,11H2,1H3,(H,21,24). The van der Waals surface area contributed by atoms with Crippen molar-refractivity contribution < 1.29 is 14.3 Å². The van der Waals surface area contributed by atoms with Gasteiger partial charge >= 0.3 is 0 Å². The Morgan fingerprint density at radius 1 is 1.44 bits per heavy atom. The first kappa shape index (κ1) is 16.7. The van der Waals surface area contributed by atoms with Crippen molar-refractivity contribution in [1.82, 2.24) is 15.2 Å². The van der Waals surface area contributed by atoms with Gasteiger partial charge in [-0.3, -0.25) is 14.6 Å². The van der Waals surface area contributed by atoms with Crippen molar-refractivity contribution in [3.05, 3.63) is 36.0 Å². The smallest absolute Gasteiger partial charge is 0.252 e. The Bertz CT molecular complexity index is 859. The first-order chi connectivity index (χ1) is 12.1. The molecule has 128 valence electrons. The summed E-state index contributed by atoms with van der Waals surface area (Å²) >= 11 is 0. The molecule has 0 saturated carbocycles. The van der Waals surface area contributed by atoms with E-state index in [2.05, 4.69) is 16.4 Å². The second-order valence-electron chi connectivity index (χ2n) is 5.80. The summed E-state index contributed by atoms with van der Waals surface area (Å²) in [5.41, 5.74) is 1.08. The minimum absolute atomic E-state index is 0.128. The van der Waals surface area contributed by atoms with Crippen molar-refractivity contribution >= 4 is 22.7 Å². The van der Waals surface area contributed by atoms with E-state index in [0.717, 1.165) is 6.42 Å². The van der Waals surface area contributed by atoms with E-state index in [-0.39, 0.29) is 18.4 Å². The number of fused-ring (bicyclic) bond motifs is 1. The maximum atomic E-state index is 12.5. The molecular formula is C18H18N4O3. The number of benzene rings is 1. The lowest BCUT2D eigenvalue weighted by Crippen LogP contribution is -2.42. The van der Waals surface area contributed by atoms with Crippen LogP contribution >= 0.6 is 0 Å². The van der Waals surface area contributed by atoms with E-state index in [4.69, 9.17) is 10.00 Å². The number of ether oxygens (including phenoxy) is 1. The van der Waals surface area contributed by atoms with Gasteiger partial charge in [0.05, 0.1) is 30.8 Å². The van der Waals surface area contributed by atoms with Gasteiger partial charge in [-0.15, -0.1) is 0 Å². The molecule has 1 fully saturated rings. The molecular weight excluding hydrogens is 320 g/mol. The van der Waals surface area contributed by atoms with Gasteiger partial charge in [0.2, 0.25) is 5.91 Å². The molecule has 1 saturated heterocycles. The fourth-order valence-electron chi connectivity index (χ4n) is 3.00.